The van der Waals surface area contributed by atoms with Crippen LogP contribution in [-0.4, -0.2) is 87.6 Å². The minimum Gasteiger partial charge on any atom is -2.00 e. The summed E-state index contributed by atoms with van der Waals surface area (Å²) in [5.74, 6) is 0. The van der Waals surface area contributed by atoms with E-state index in [1.807, 2.05) is 0 Å². The first-order chi connectivity index (χ1) is 10.0. The van der Waals surface area contributed by atoms with Crippen molar-refractivity contribution in [3.8, 4) is 0 Å². The van der Waals surface area contributed by atoms with E-state index in [0.717, 1.165) is 0 Å². The first kappa shape index (κ1) is 91.4. The molecule has 34 heavy (non-hydrogen) atoms. The molecule has 0 N–H and O–H groups in total. The molecule has 0 aliphatic rings. The molecule has 34 heteroatoms. The van der Waals surface area contributed by atoms with E-state index < -0.39 is 52.0 Å². The van der Waals surface area contributed by atoms with Gasteiger partial charge in [-0.2, -0.15) is 0 Å². The molecule has 0 heterocycles. The Labute approximate surface area is 239 Å². The van der Waals surface area contributed by atoms with Gasteiger partial charge in [-0.05, 0) is 0 Å². The molecule has 0 amide bonds. The Morgan fingerprint density at radius 3 is 0.235 bits per heavy atom. The van der Waals surface area contributed by atoms with Gasteiger partial charge in [0.2, 0.25) is 0 Å². The zero-order valence-electron chi connectivity index (χ0n) is 14.0. The molecule has 0 bridgehead atoms. The minimum absolute atomic E-state index is 0. The first-order valence-electron chi connectivity index (χ1n) is 3.33. The van der Waals surface area contributed by atoms with Crippen LogP contribution in [0.4, 0.5) is 0 Å². The SMILES string of the molecule is O=S(=O)([O-])[O-].O=S(=O)([O-])[O-].O=S(=O)([O-])[O-].O=S(=O)([O-])[O-].O=S(=O)([O-])[O-].[O-2].[O-2].[O-2].[O-2].[O-2].[V].[V].[V].[V]. The van der Waals surface area contributed by atoms with E-state index in [1.165, 1.54) is 0 Å². The summed E-state index contributed by atoms with van der Waals surface area (Å²) in [6.07, 6.45) is 0. The van der Waals surface area contributed by atoms with Crippen molar-refractivity contribution in [2.45, 2.75) is 0 Å². The number of hydrogen-bond donors (Lipinski definition) is 0. The molecule has 0 aromatic carbocycles. The molecule has 0 atom stereocenters. The van der Waals surface area contributed by atoms with Gasteiger partial charge in [0.25, 0.3) is 0 Å². The third-order valence-electron chi connectivity index (χ3n) is 0. The fourth-order valence-corrected chi connectivity index (χ4v) is 0. The van der Waals surface area contributed by atoms with Crippen molar-refractivity contribution in [2.24, 2.45) is 0 Å². The van der Waals surface area contributed by atoms with E-state index in [2.05, 4.69) is 0 Å². The molecule has 0 aromatic rings. The monoisotopic (exact) mass is 764 g/mol. The Balaban J connectivity index is -0.0000000115. The molecule has 0 fully saturated rings. The third-order valence-corrected chi connectivity index (χ3v) is 0. The molecule has 4 radical (unpaired) electrons. The van der Waals surface area contributed by atoms with E-state index in [-0.39, 0.29) is 102 Å². The molecule has 0 spiro atoms. The zero-order chi connectivity index (χ0) is 22.5. The van der Waals surface area contributed by atoms with Crippen molar-refractivity contribution >= 4 is 52.0 Å². The van der Waals surface area contributed by atoms with Crippen LogP contribution < -0.4 is 0 Å². The maximum absolute atomic E-state index is 8.52. The van der Waals surface area contributed by atoms with Gasteiger partial charge in [0.05, 0.1) is 0 Å². The van der Waals surface area contributed by atoms with E-state index >= 15 is 0 Å². The van der Waals surface area contributed by atoms with E-state index in [9.17, 15) is 0 Å². The molecule has 0 unspecified atom stereocenters. The molecule has 0 rings (SSSR count). The van der Waals surface area contributed by atoms with Crippen LogP contribution in [0, 0.1) is 0 Å². The first-order valence-corrected chi connectivity index (χ1v) is 10.0. The second-order valence-electron chi connectivity index (χ2n) is 2.04. The molecule has 0 saturated heterocycles. The van der Waals surface area contributed by atoms with Gasteiger partial charge in [-0.3, -0.25) is 42.1 Å². The van der Waals surface area contributed by atoms with Crippen LogP contribution in [0.5, 0.6) is 0 Å². The zero-order valence-corrected chi connectivity index (χ0v) is 23.7. The van der Waals surface area contributed by atoms with Crippen LogP contribution in [0.1, 0.15) is 0 Å². The van der Waals surface area contributed by atoms with Crippen LogP contribution >= 0.6 is 0 Å². The van der Waals surface area contributed by atoms with E-state index in [0.29, 0.717) is 0 Å². The van der Waals surface area contributed by atoms with Crippen molar-refractivity contribution < 1.29 is 189 Å². The minimum atomic E-state index is -5.17. The van der Waals surface area contributed by atoms with Crippen LogP contribution in [-0.2, 0) is 154 Å². The van der Waals surface area contributed by atoms with Gasteiger partial charge in [0.1, 0.15) is 0 Å². The Hall–Kier alpha value is 1.49. The molecule has 0 aliphatic carbocycles. The molecule has 0 aromatic heterocycles. The molecular weight excluding hydrogens is 764 g/mol. The Morgan fingerprint density at radius 1 is 0.235 bits per heavy atom. The second-order valence-corrected chi connectivity index (χ2v) is 6.12. The van der Waals surface area contributed by atoms with Crippen LogP contribution in [0.3, 0.4) is 0 Å². The third kappa shape index (κ3) is 16000. The summed E-state index contributed by atoms with van der Waals surface area (Å²) in [6.45, 7) is 0. The predicted octanol–water partition coefficient (Wildman–Crippen LogP) is -7.29. The van der Waals surface area contributed by atoms with Crippen molar-refractivity contribution in [2.75, 3.05) is 0 Å². The summed E-state index contributed by atoms with van der Waals surface area (Å²) in [5.41, 5.74) is 0. The normalized spacial score (nSPS) is 8.53. The fourth-order valence-electron chi connectivity index (χ4n) is 0. The second kappa shape index (κ2) is 39.0. The Bertz CT molecular complexity index is 627. The summed E-state index contributed by atoms with van der Waals surface area (Å²) in [4.78, 5) is 0. The number of hydrogen-bond acceptors (Lipinski definition) is 20. The summed E-state index contributed by atoms with van der Waals surface area (Å²) in [7, 11) is -25.8. The summed E-state index contributed by atoms with van der Waals surface area (Å²) >= 11 is 0. The topological polar surface area (TPSA) is 544 Å². The van der Waals surface area contributed by atoms with Crippen molar-refractivity contribution in [1.82, 2.24) is 0 Å². The van der Waals surface area contributed by atoms with E-state index in [4.69, 9.17) is 87.6 Å². The van der Waals surface area contributed by atoms with Gasteiger partial charge >= 0.3 is 0 Å². The van der Waals surface area contributed by atoms with Gasteiger partial charge in [-0.25, -0.2) is 0 Å². The smallest absolute Gasteiger partial charge is 0.0311 e. The van der Waals surface area contributed by atoms with Crippen LogP contribution in [0.2, 0.25) is 0 Å². The quantitative estimate of drug-likeness (QED) is 0.163. The Morgan fingerprint density at radius 2 is 0.235 bits per heavy atom. The summed E-state index contributed by atoms with van der Waals surface area (Å²) in [6, 6.07) is 0. The largest absolute Gasteiger partial charge is 2.00 e. The fraction of sp³-hybridized carbons (Fsp3) is 0. The van der Waals surface area contributed by atoms with Gasteiger partial charge in [0, 0.05) is 126 Å². The van der Waals surface area contributed by atoms with E-state index in [1.54, 1.807) is 0 Å². The molecular formula is O25S5V4-20. The Kier molecular flexibility index (Phi) is 105. The van der Waals surface area contributed by atoms with Gasteiger partial charge in [-0.15, -0.1) is 0 Å². The average Bonchev–Trinajstić information content (AvgIpc) is 1.79. The molecule has 0 saturated carbocycles. The maximum Gasteiger partial charge on any atom is 0.0311 e. The van der Waals surface area contributed by atoms with Crippen molar-refractivity contribution in [1.29, 1.82) is 0 Å². The average molecular weight is 764 g/mol. The maximum atomic E-state index is 8.52. The van der Waals surface area contributed by atoms with Crippen molar-refractivity contribution in [3.05, 3.63) is 0 Å². The summed E-state index contributed by atoms with van der Waals surface area (Å²) < 4.78 is 170. The molecule has 0 aliphatic heterocycles. The van der Waals surface area contributed by atoms with Gasteiger partial charge in [-0.1, -0.05) is 0 Å². The predicted molar refractivity (Wildman–Crippen MR) is 55.8 cm³/mol. The molecule has 25 nitrogen and oxygen atoms in total. The molecule has 220 valence electrons. The van der Waals surface area contributed by atoms with Gasteiger partial charge < -0.3 is 72.9 Å². The summed E-state index contributed by atoms with van der Waals surface area (Å²) in [5, 5.41) is 0. The standard InChI is InChI=1S/5H2O4S.5O.4V/c5*1-5(2,3)4;;;;;;;;;/h5*(H2,1,2,3,4);;;;;;;;;/q;;;;;5*-2;;;;/p-10. The van der Waals surface area contributed by atoms with Gasteiger partial charge in [0.15, 0.2) is 0 Å². The number of rotatable bonds is 0. The van der Waals surface area contributed by atoms with Crippen LogP contribution in [0.15, 0.2) is 0 Å². The van der Waals surface area contributed by atoms with Crippen molar-refractivity contribution in [3.63, 3.8) is 0 Å². The van der Waals surface area contributed by atoms with Crippen LogP contribution in [0.25, 0.3) is 0 Å².